The standard InChI is InChI=1S/C5H11NO2.Si/c1-4(5(7)8)6(2)3;/h4H,1-3H3,(H,7,8);. The van der Waals surface area contributed by atoms with E-state index < -0.39 is 5.97 Å². The van der Waals surface area contributed by atoms with E-state index in [0.717, 1.165) is 0 Å². The summed E-state index contributed by atoms with van der Waals surface area (Å²) >= 11 is 0. The van der Waals surface area contributed by atoms with Gasteiger partial charge in [-0.1, -0.05) is 0 Å². The molecular formula is C5H11NO2Si. The minimum atomic E-state index is -0.782. The average Bonchev–Trinajstić information content (AvgIpc) is 1.64. The van der Waals surface area contributed by atoms with Gasteiger partial charge in [-0.15, -0.1) is 0 Å². The first kappa shape index (κ1) is 11.4. The van der Waals surface area contributed by atoms with Crippen LogP contribution < -0.4 is 0 Å². The molecule has 9 heavy (non-hydrogen) atoms. The van der Waals surface area contributed by atoms with Gasteiger partial charge in [0, 0.05) is 11.0 Å². The summed E-state index contributed by atoms with van der Waals surface area (Å²) in [5, 5.41) is 8.31. The van der Waals surface area contributed by atoms with Gasteiger partial charge in [-0.05, 0) is 21.0 Å². The van der Waals surface area contributed by atoms with Crippen LogP contribution in [0.4, 0.5) is 0 Å². The Labute approximate surface area is 59.7 Å². The highest BCUT2D eigenvalue weighted by molar-refractivity contribution is 5.75. The van der Waals surface area contributed by atoms with Crippen LogP contribution >= 0.6 is 0 Å². The summed E-state index contributed by atoms with van der Waals surface area (Å²) in [7, 11) is 3.47. The second-order valence-corrected chi connectivity index (χ2v) is 1.98. The van der Waals surface area contributed by atoms with Crippen molar-refractivity contribution in [2.75, 3.05) is 14.1 Å². The Kier molecular flexibility index (Phi) is 5.75. The molecule has 0 aromatic carbocycles. The second kappa shape index (κ2) is 4.52. The molecule has 0 aliphatic rings. The quantitative estimate of drug-likeness (QED) is 0.539. The van der Waals surface area contributed by atoms with Crippen LogP contribution in [-0.2, 0) is 4.79 Å². The Morgan fingerprint density at radius 3 is 1.89 bits per heavy atom. The maximum absolute atomic E-state index is 10.1. The third-order valence-electron chi connectivity index (χ3n) is 1.13. The zero-order chi connectivity index (χ0) is 6.73. The number of aliphatic carboxylic acids is 1. The molecule has 0 aliphatic carbocycles. The molecule has 3 nitrogen and oxygen atoms in total. The summed E-state index contributed by atoms with van der Waals surface area (Å²) in [5.41, 5.74) is 0. The number of carboxylic acids is 1. The smallest absolute Gasteiger partial charge is 0.320 e. The largest absolute Gasteiger partial charge is 0.480 e. The van der Waals surface area contributed by atoms with Crippen LogP contribution in [0.25, 0.3) is 0 Å². The lowest BCUT2D eigenvalue weighted by Gasteiger charge is -2.13. The van der Waals surface area contributed by atoms with Gasteiger partial charge in [0.2, 0.25) is 0 Å². The number of hydrogen-bond acceptors (Lipinski definition) is 2. The molecule has 0 saturated carbocycles. The first-order valence-electron chi connectivity index (χ1n) is 2.45. The molecule has 1 atom stereocenters. The van der Waals surface area contributed by atoms with Crippen molar-refractivity contribution < 1.29 is 9.90 Å². The van der Waals surface area contributed by atoms with E-state index in [0.29, 0.717) is 0 Å². The first-order valence-corrected chi connectivity index (χ1v) is 2.45. The molecule has 0 aliphatic heterocycles. The molecule has 0 bridgehead atoms. The maximum atomic E-state index is 10.1. The highest BCUT2D eigenvalue weighted by Gasteiger charge is 2.11. The van der Waals surface area contributed by atoms with E-state index in [1.807, 2.05) is 0 Å². The minimum absolute atomic E-state index is 0. The van der Waals surface area contributed by atoms with Crippen LogP contribution in [-0.4, -0.2) is 47.1 Å². The lowest BCUT2D eigenvalue weighted by Crippen LogP contribution is -2.32. The van der Waals surface area contributed by atoms with Crippen LogP contribution in [0.5, 0.6) is 0 Å². The van der Waals surface area contributed by atoms with Gasteiger partial charge >= 0.3 is 5.97 Å². The van der Waals surface area contributed by atoms with E-state index in [1.54, 1.807) is 25.9 Å². The molecule has 0 heterocycles. The number of hydrogen-bond donors (Lipinski definition) is 1. The molecule has 0 fully saturated rings. The van der Waals surface area contributed by atoms with E-state index in [2.05, 4.69) is 0 Å². The second-order valence-electron chi connectivity index (χ2n) is 1.98. The van der Waals surface area contributed by atoms with Crippen molar-refractivity contribution in [3.05, 3.63) is 0 Å². The molecule has 4 heteroatoms. The highest BCUT2D eigenvalue weighted by Crippen LogP contribution is 1.88. The lowest BCUT2D eigenvalue weighted by molar-refractivity contribution is -0.141. The minimum Gasteiger partial charge on any atom is -0.480 e. The van der Waals surface area contributed by atoms with Gasteiger partial charge in [-0.2, -0.15) is 0 Å². The fraction of sp³-hybridized carbons (Fsp3) is 0.800. The summed E-state index contributed by atoms with van der Waals surface area (Å²) in [6.45, 7) is 1.64. The van der Waals surface area contributed by atoms with Crippen molar-refractivity contribution >= 4 is 16.9 Å². The lowest BCUT2D eigenvalue weighted by atomic mass is 10.3. The van der Waals surface area contributed by atoms with Gasteiger partial charge in [-0.3, -0.25) is 9.69 Å². The van der Waals surface area contributed by atoms with Gasteiger partial charge in [0.1, 0.15) is 6.04 Å². The SMILES string of the molecule is CC(C(=O)O)N(C)C.[Si]. The monoisotopic (exact) mass is 145 g/mol. The molecule has 1 N–H and O–H groups in total. The molecule has 4 radical (unpaired) electrons. The fourth-order valence-electron chi connectivity index (χ4n) is 0.221. The molecule has 0 aromatic rings. The number of likely N-dealkylation sites (N-methyl/N-ethyl adjacent to an activating group) is 1. The van der Waals surface area contributed by atoms with E-state index >= 15 is 0 Å². The molecule has 0 aromatic heterocycles. The van der Waals surface area contributed by atoms with Crippen molar-refractivity contribution in [2.24, 2.45) is 0 Å². The van der Waals surface area contributed by atoms with Crippen molar-refractivity contribution in [2.45, 2.75) is 13.0 Å². The van der Waals surface area contributed by atoms with Crippen molar-refractivity contribution in [1.82, 2.24) is 4.90 Å². The summed E-state index contributed by atoms with van der Waals surface area (Å²) in [5.74, 6) is -0.782. The van der Waals surface area contributed by atoms with Crippen molar-refractivity contribution in [1.29, 1.82) is 0 Å². The van der Waals surface area contributed by atoms with Gasteiger partial charge < -0.3 is 5.11 Å². The Balaban J connectivity index is 0. The Bertz CT molecular complexity index is 95.0. The van der Waals surface area contributed by atoms with Crippen LogP contribution in [0, 0.1) is 0 Å². The summed E-state index contributed by atoms with van der Waals surface area (Å²) < 4.78 is 0. The van der Waals surface area contributed by atoms with E-state index in [9.17, 15) is 4.79 Å². The van der Waals surface area contributed by atoms with Gasteiger partial charge in [-0.25, -0.2) is 0 Å². The van der Waals surface area contributed by atoms with Gasteiger partial charge in [0.25, 0.3) is 0 Å². The van der Waals surface area contributed by atoms with Crippen LogP contribution in [0.1, 0.15) is 6.92 Å². The van der Waals surface area contributed by atoms with E-state index in [1.165, 1.54) is 0 Å². The van der Waals surface area contributed by atoms with Crippen molar-refractivity contribution in [3.63, 3.8) is 0 Å². The number of carbonyl (C=O) groups is 1. The van der Waals surface area contributed by atoms with Gasteiger partial charge in [0.15, 0.2) is 0 Å². The molecular weight excluding hydrogens is 134 g/mol. The number of nitrogens with zero attached hydrogens (tertiary/aromatic N) is 1. The van der Waals surface area contributed by atoms with Gasteiger partial charge in [0.05, 0.1) is 0 Å². The zero-order valence-electron chi connectivity index (χ0n) is 5.88. The summed E-state index contributed by atoms with van der Waals surface area (Å²) in [6.07, 6.45) is 0. The molecule has 52 valence electrons. The van der Waals surface area contributed by atoms with E-state index in [4.69, 9.17) is 5.11 Å². The van der Waals surface area contributed by atoms with E-state index in [-0.39, 0.29) is 17.0 Å². The first-order chi connectivity index (χ1) is 3.55. The molecule has 1 unspecified atom stereocenters. The molecule has 0 saturated heterocycles. The number of carboxylic acid groups (broad SMARTS) is 1. The van der Waals surface area contributed by atoms with Crippen LogP contribution in [0.3, 0.4) is 0 Å². The highest BCUT2D eigenvalue weighted by atomic mass is 28.1. The third-order valence-corrected chi connectivity index (χ3v) is 1.13. The van der Waals surface area contributed by atoms with Crippen LogP contribution in [0.2, 0.25) is 0 Å². The molecule has 0 spiro atoms. The topological polar surface area (TPSA) is 40.5 Å². The normalized spacial score (nSPS) is 12.4. The molecule has 0 rings (SSSR count). The number of rotatable bonds is 2. The summed E-state index contributed by atoms with van der Waals surface area (Å²) in [4.78, 5) is 11.7. The fourth-order valence-corrected chi connectivity index (χ4v) is 0.221. The average molecular weight is 145 g/mol. The van der Waals surface area contributed by atoms with Crippen molar-refractivity contribution in [3.8, 4) is 0 Å². The third kappa shape index (κ3) is 4.17. The predicted molar refractivity (Wildman–Crippen MR) is 36.5 cm³/mol. The maximum Gasteiger partial charge on any atom is 0.320 e. The summed E-state index contributed by atoms with van der Waals surface area (Å²) in [6, 6.07) is -0.380. The zero-order valence-corrected chi connectivity index (χ0v) is 6.88. The van der Waals surface area contributed by atoms with Crippen LogP contribution in [0.15, 0.2) is 0 Å². The Morgan fingerprint density at radius 1 is 1.56 bits per heavy atom. The predicted octanol–water partition coefficient (Wildman–Crippen LogP) is -0.360. The Morgan fingerprint density at radius 2 is 1.89 bits per heavy atom. The molecule has 0 amide bonds. The Hall–Kier alpha value is -0.353.